The Bertz CT molecular complexity index is 839. The van der Waals surface area contributed by atoms with E-state index in [-0.39, 0.29) is 5.91 Å². The highest BCUT2D eigenvalue weighted by Gasteiger charge is 2.30. The maximum atomic E-state index is 12.8. The van der Waals surface area contributed by atoms with Crippen molar-refractivity contribution in [3.8, 4) is 0 Å². The Morgan fingerprint density at radius 2 is 1.96 bits per heavy atom. The van der Waals surface area contributed by atoms with Crippen molar-refractivity contribution in [2.75, 3.05) is 37.6 Å². The number of carbonyl (C=O) groups is 1. The molecule has 0 aliphatic carbocycles. The Morgan fingerprint density at radius 1 is 1.11 bits per heavy atom. The number of nitrogens with zero attached hydrogens (tertiary/aromatic N) is 5. The predicted octanol–water partition coefficient (Wildman–Crippen LogP) is 1.15. The van der Waals surface area contributed by atoms with Gasteiger partial charge in [-0.15, -0.1) is 10.2 Å². The summed E-state index contributed by atoms with van der Waals surface area (Å²) in [6.45, 7) is 5.81. The van der Waals surface area contributed by atoms with E-state index < -0.39 is 0 Å². The lowest BCUT2D eigenvalue weighted by Gasteiger charge is -2.33. The number of rotatable bonds is 3. The summed E-state index contributed by atoms with van der Waals surface area (Å²) in [5.41, 5.74) is 2.58. The zero-order valence-electron chi connectivity index (χ0n) is 15.6. The summed E-state index contributed by atoms with van der Waals surface area (Å²) in [5, 5.41) is 12.1. The van der Waals surface area contributed by atoms with Gasteiger partial charge in [0.15, 0.2) is 0 Å². The van der Waals surface area contributed by atoms with Gasteiger partial charge in [-0.2, -0.15) is 0 Å². The summed E-state index contributed by atoms with van der Waals surface area (Å²) in [7, 11) is 0. The number of amides is 1. The number of aromatic nitrogens is 3. The standard InChI is InChI=1S/C20H26N6O/c27-19(14-25-11-5-15-3-1-2-4-17(15)25)24-9-6-16(7-10-24)20-23-22-18-13-21-8-12-26(18)20/h1-4,16,21H,5-14H2. The van der Waals surface area contributed by atoms with Gasteiger partial charge in [-0.05, 0) is 30.9 Å². The monoisotopic (exact) mass is 366 g/mol. The van der Waals surface area contributed by atoms with Crippen LogP contribution in [0.3, 0.4) is 0 Å². The number of hydrogen-bond donors (Lipinski definition) is 1. The molecule has 3 aliphatic rings. The third kappa shape index (κ3) is 3.10. The van der Waals surface area contributed by atoms with Crippen LogP contribution < -0.4 is 10.2 Å². The highest BCUT2D eigenvalue weighted by atomic mass is 16.2. The lowest BCUT2D eigenvalue weighted by Crippen LogP contribution is -2.44. The first-order valence-electron chi connectivity index (χ1n) is 10.0. The number of hydrogen-bond acceptors (Lipinski definition) is 5. The maximum absolute atomic E-state index is 12.8. The van der Waals surface area contributed by atoms with Crippen molar-refractivity contribution in [3.63, 3.8) is 0 Å². The second-order valence-corrected chi connectivity index (χ2v) is 7.76. The molecule has 1 fully saturated rings. The zero-order chi connectivity index (χ0) is 18.2. The molecule has 0 atom stereocenters. The number of nitrogens with one attached hydrogen (secondary N) is 1. The van der Waals surface area contributed by atoms with E-state index in [4.69, 9.17) is 0 Å². The van der Waals surface area contributed by atoms with Gasteiger partial charge in [0.05, 0.1) is 13.1 Å². The van der Waals surface area contributed by atoms with Crippen molar-refractivity contribution in [1.82, 2.24) is 25.0 Å². The van der Waals surface area contributed by atoms with Crippen LogP contribution in [-0.4, -0.2) is 58.3 Å². The first-order chi connectivity index (χ1) is 13.3. The molecule has 7 heteroatoms. The molecule has 1 aromatic carbocycles. The van der Waals surface area contributed by atoms with E-state index in [9.17, 15) is 4.79 Å². The highest BCUT2D eigenvalue weighted by molar-refractivity contribution is 5.82. The molecule has 142 valence electrons. The molecule has 27 heavy (non-hydrogen) atoms. The van der Waals surface area contributed by atoms with Gasteiger partial charge in [-0.25, -0.2) is 0 Å². The molecule has 1 saturated heterocycles. The fourth-order valence-corrected chi connectivity index (χ4v) is 4.64. The second-order valence-electron chi connectivity index (χ2n) is 7.76. The number of para-hydroxylation sites is 1. The van der Waals surface area contributed by atoms with Gasteiger partial charge in [-0.1, -0.05) is 18.2 Å². The molecular formula is C20H26N6O. The minimum absolute atomic E-state index is 0.248. The SMILES string of the molecule is O=C(CN1CCc2ccccc21)N1CCC(c2nnc3n2CCNC3)CC1. The van der Waals surface area contributed by atoms with Crippen LogP contribution in [0, 0.1) is 0 Å². The highest BCUT2D eigenvalue weighted by Crippen LogP contribution is 2.30. The summed E-state index contributed by atoms with van der Waals surface area (Å²) in [6.07, 6.45) is 3.00. The van der Waals surface area contributed by atoms with E-state index in [1.165, 1.54) is 11.3 Å². The first-order valence-corrected chi connectivity index (χ1v) is 10.0. The van der Waals surface area contributed by atoms with Gasteiger partial charge in [0.2, 0.25) is 5.91 Å². The molecular weight excluding hydrogens is 340 g/mol. The predicted molar refractivity (Wildman–Crippen MR) is 103 cm³/mol. The van der Waals surface area contributed by atoms with Gasteiger partial charge >= 0.3 is 0 Å². The molecule has 1 amide bonds. The van der Waals surface area contributed by atoms with Crippen molar-refractivity contribution in [1.29, 1.82) is 0 Å². The minimum Gasteiger partial charge on any atom is -0.362 e. The molecule has 2 aromatic rings. The van der Waals surface area contributed by atoms with Crippen molar-refractivity contribution >= 4 is 11.6 Å². The summed E-state index contributed by atoms with van der Waals surface area (Å²) < 4.78 is 2.28. The number of piperidine rings is 1. The average Bonchev–Trinajstić information content (AvgIpc) is 3.33. The molecule has 0 radical (unpaired) electrons. The smallest absolute Gasteiger partial charge is 0.242 e. The third-order valence-corrected chi connectivity index (χ3v) is 6.17. The molecule has 7 nitrogen and oxygen atoms in total. The molecule has 0 bridgehead atoms. The van der Waals surface area contributed by atoms with Gasteiger partial charge < -0.3 is 19.7 Å². The summed E-state index contributed by atoms with van der Waals surface area (Å²) in [6, 6.07) is 8.43. The topological polar surface area (TPSA) is 66.3 Å². The lowest BCUT2D eigenvalue weighted by atomic mass is 9.95. The van der Waals surface area contributed by atoms with Gasteiger partial charge in [0.1, 0.15) is 11.6 Å². The molecule has 1 aromatic heterocycles. The van der Waals surface area contributed by atoms with E-state index in [2.05, 4.69) is 49.2 Å². The van der Waals surface area contributed by atoms with E-state index in [0.29, 0.717) is 12.5 Å². The number of anilines is 1. The van der Waals surface area contributed by atoms with Gasteiger partial charge in [0.25, 0.3) is 0 Å². The van der Waals surface area contributed by atoms with Crippen LogP contribution in [-0.2, 0) is 24.3 Å². The number of likely N-dealkylation sites (tertiary alicyclic amines) is 1. The van der Waals surface area contributed by atoms with E-state index in [1.807, 2.05) is 4.90 Å². The lowest BCUT2D eigenvalue weighted by molar-refractivity contribution is -0.130. The largest absolute Gasteiger partial charge is 0.362 e. The Balaban J connectivity index is 1.20. The summed E-state index contributed by atoms with van der Waals surface area (Å²) in [5.74, 6) is 2.83. The number of fused-ring (bicyclic) bond motifs is 2. The van der Waals surface area contributed by atoms with Crippen LogP contribution in [0.15, 0.2) is 24.3 Å². The molecule has 0 spiro atoms. The molecule has 0 unspecified atom stereocenters. The van der Waals surface area contributed by atoms with Crippen LogP contribution in [0.5, 0.6) is 0 Å². The fourth-order valence-electron chi connectivity index (χ4n) is 4.64. The van der Waals surface area contributed by atoms with Crippen LogP contribution in [0.25, 0.3) is 0 Å². The Morgan fingerprint density at radius 3 is 2.85 bits per heavy atom. The summed E-state index contributed by atoms with van der Waals surface area (Å²) in [4.78, 5) is 17.1. The van der Waals surface area contributed by atoms with Crippen molar-refractivity contribution < 1.29 is 4.79 Å². The van der Waals surface area contributed by atoms with Gasteiger partial charge in [0, 0.05) is 44.3 Å². The fraction of sp³-hybridized carbons (Fsp3) is 0.550. The number of benzene rings is 1. The van der Waals surface area contributed by atoms with Crippen molar-refractivity contribution in [3.05, 3.63) is 41.5 Å². The second kappa shape index (κ2) is 6.96. The van der Waals surface area contributed by atoms with Crippen LogP contribution >= 0.6 is 0 Å². The normalized spacial score (nSPS) is 19.9. The Kier molecular flexibility index (Phi) is 4.32. The Labute approximate surface area is 159 Å². The van der Waals surface area contributed by atoms with Crippen LogP contribution in [0.1, 0.15) is 36.0 Å². The average molecular weight is 366 g/mol. The molecule has 3 aliphatic heterocycles. The van der Waals surface area contributed by atoms with Crippen molar-refractivity contribution in [2.45, 2.75) is 38.3 Å². The first kappa shape index (κ1) is 16.7. The molecule has 5 rings (SSSR count). The van der Waals surface area contributed by atoms with E-state index >= 15 is 0 Å². The zero-order valence-corrected chi connectivity index (χ0v) is 15.6. The molecule has 4 heterocycles. The van der Waals surface area contributed by atoms with Crippen molar-refractivity contribution in [2.24, 2.45) is 0 Å². The molecule has 0 saturated carbocycles. The van der Waals surface area contributed by atoms with Crippen LogP contribution in [0.2, 0.25) is 0 Å². The third-order valence-electron chi connectivity index (χ3n) is 6.17. The maximum Gasteiger partial charge on any atom is 0.242 e. The number of carbonyl (C=O) groups excluding carboxylic acids is 1. The summed E-state index contributed by atoms with van der Waals surface area (Å²) >= 11 is 0. The quantitative estimate of drug-likeness (QED) is 0.883. The van der Waals surface area contributed by atoms with E-state index in [1.54, 1.807) is 0 Å². The molecule has 1 N–H and O–H groups in total. The van der Waals surface area contributed by atoms with Gasteiger partial charge in [-0.3, -0.25) is 4.79 Å². The van der Waals surface area contributed by atoms with E-state index in [0.717, 1.165) is 70.2 Å². The Hall–Kier alpha value is -2.41. The van der Waals surface area contributed by atoms with Crippen LogP contribution in [0.4, 0.5) is 5.69 Å². The minimum atomic E-state index is 0.248.